The van der Waals surface area contributed by atoms with Crippen LogP contribution in [0, 0.1) is 0 Å². The molecule has 35 heavy (non-hydrogen) atoms. The van der Waals surface area contributed by atoms with E-state index in [1.807, 2.05) is 24.3 Å². The van der Waals surface area contributed by atoms with Gasteiger partial charge in [-0.05, 0) is 60.4 Å². The number of hydrogen-bond donors (Lipinski definition) is 2. The first-order valence-corrected chi connectivity index (χ1v) is 12.6. The SMILES string of the molecule is CC(C)OC(=O)Nc1ccc(-c2ccc(S(=O)(=O)N3Cc4ccccc4C[C@@H]3C(=O)O)cc2)cc1. The summed E-state index contributed by atoms with van der Waals surface area (Å²) in [6.45, 7) is 3.53. The summed E-state index contributed by atoms with van der Waals surface area (Å²) in [5.74, 6) is -1.18. The quantitative estimate of drug-likeness (QED) is 0.521. The monoisotopic (exact) mass is 494 g/mol. The number of benzene rings is 3. The van der Waals surface area contributed by atoms with Gasteiger partial charge in [-0.2, -0.15) is 4.31 Å². The van der Waals surface area contributed by atoms with E-state index >= 15 is 0 Å². The summed E-state index contributed by atoms with van der Waals surface area (Å²) in [6.07, 6.45) is -0.648. The van der Waals surface area contributed by atoms with Crippen molar-refractivity contribution in [1.29, 1.82) is 0 Å². The van der Waals surface area contributed by atoms with E-state index < -0.39 is 28.1 Å². The van der Waals surface area contributed by atoms with E-state index in [2.05, 4.69) is 5.32 Å². The Morgan fingerprint density at radius 3 is 2.09 bits per heavy atom. The summed E-state index contributed by atoms with van der Waals surface area (Å²) in [6, 6.07) is 19.5. The molecule has 4 rings (SSSR count). The first-order valence-electron chi connectivity index (χ1n) is 11.1. The van der Waals surface area contributed by atoms with E-state index in [0.29, 0.717) is 5.69 Å². The molecule has 1 aliphatic rings. The van der Waals surface area contributed by atoms with Crippen molar-refractivity contribution in [1.82, 2.24) is 4.31 Å². The van der Waals surface area contributed by atoms with Gasteiger partial charge in [-0.15, -0.1) is 0 Å². The van der Waals surface area contributed by atoms with Crippen molar-refractivity contribution in [3.05, 3.63) is 83.9 Å². The zero-order valence-corrected chi connectivity index (χ0v) is 20.2. The van der Waals surface area contributed by atoms with Crippen LogP contribution in [0.5, 0.6) is 0 Å². The second kappa shape index (κ2) is 9.89. The Bertz CT molecular complexity index is 1340. The maximum absolute atomic E-state index is 13.4. The minimum absolute atomic E-state index is 0.00489. The van der Waals surface area contributed by atoms with Crippen molar-refractivity contribution in [2.45, 2.75) is 43.9 Å². The number of carboxylic acid groups (broad SMARTS) is 1. The van der Waals surface area contributed by atoms with Gasteiger partial charge in [0.05, 0.1) is 11.0 Å². The van der Waals surface area contributed by atoms with Crippen molar-refractivity contribution in [3.8, 4) is 11.1 Å². The maximum atomic E-state index is 13.4. The van der Waals surface area contributed by atoms with Gasteiger partial charge in [0.2, 0.25) is 10.0 Å². The lowest BCUT2D eigenvalue weighted by molar-refractivity contribution is -0.141. The average molecular weight is 495 g/mol. The van der Waals surface area contributed by atoms with Gasteiger partial charge in [-0.25, -0.2) is 13.2 Å². The molecule has 0 saturated heterocycles. The standard InChI is InChI=1S/C26H26N2O6S/c1-17(2)34-26(31)27-22-11-7-18(8-12-22)19-9-13-23(14-10-19)35(32,33)28-16-21-6-4-3-5-20(21)15-24(28)25(29)30/h3-14,17,24H,15-16H2,1-2H3,(H,27,31)(H,29,30)/t24-/m1/s1. The minimum Gasteiger partial charge on any atom is -0.480 e. The molecule has 0 aromatic heterocycles. The highest BCUT2D eigenvalue weighted by Crippen LogP contribution is 2.30. The molecule has 9 heteroatoms. The summed E-state index contributed by atoms with van der Waals surface area (Å²) >= 11 is 0. The Kier molecular flexibility index (Phi) is 6.90. The zero-order valence-electron chi connectivity index (χ0n) is 19.3. The van der Waals surface area contributed by atoms with Crippen LogP contribution in [0.1, 0.15) is 25.0 Å². The molecule has 1 aliphatic heterocycles. The van der Waals surface area contributed by atoms with Gasteiger partial charge in [0.1, 0.15) is 6.04 Å². The van der Waals surface area contributed by atoms with Gasteiger partial charge >= 0.3 is 12.1 Å². The molecule has 0 fully saturated rings. The predicted octanol–water partition coefficient (Wildman–Crippen LogP) is 4.51. The fourth-order valence-electron chi connectivity index (χ4n) is 4.02. The number of sulfonamides is 1. The Morgan fingerprint density at radius 1 is 0.943 bits per heavy atom. The lowest BCUT2D eigenvalue weighted by Crippen LogP contribution is -2.48. The van der Waals surface area contributed by atoms with Crippen LogP contribution >= 0.6 is 0 Å². The van der Waals surface area contributed by atoms with E-state index in [4.69, 9.17) is 4.74 Å². The van der Waals surface area contributed by atoms with Crippen molar-refractivity contribution >= 4 is 27.8 Å². The van der Waals surface area contributed by atoms with E-state index in [1.165, 1.54) is 12.1 Å². The number of hydrogen-bond acceptors (Lipinski definition) is 5. The molecule has 0 radical (unpaired) electrons. The highest BCUT2D eigenvalue weighted by Gasteiger charge is 2.39. The van der Waals surface area contributed by atoms with Crippen molar-refractivity contribution < 1.29 is 27.9 Å². The third-order valence-corrected chi connectivity index (χ3v) is 7.63. The number of nitrogens with zero attached hydrogens (tertiary/aromatic N) is 1. The molecule has 0 aliphatic carbocycles. The highest BCUT2D eigenvalue weighted by molar-refractivity contribution is 7.89. The molecule has 1 atom stereocenters. The van der Waals surface area contributed by atoms with Gasteiger partial charge in [0, 0.05) is 18.7 Å². The molecule has 0 spiro atoms. The molecule has 3 aromatic rings. The third-order valence-electron chi connectivity index (χ3n) is 5.76. The van der Waals surface area contributed by atoms with Crippen molar-refractivity contribution in [2.75, 3.05) is 5.32 Å². The number of carbonyl (C=O) groups excluding carboxylic acids is 1. The molecule has 3 aromatic carbocycles. The van der Waals surface area contributed by atoms with Crippen molar-refractivity contribution in [2.24, 2.45) is 0 Å². The fraction of sp³-hybridized carbons (Fsp3) is 0.231. The Hall–Kier alpha value is -3.69. The fourth-order valence-corrected chi connectivity index (χ4v) is 5.58. The number of amides is 1. The van der Waals surface area contributed by atoms with Crippen LogP contribution in [0.3, 0.4) is 0 Å². The number of nitrogens with one attached hydrogen (secondary N) is 1. The second-order valence-electron chi connectivity index (χ2n) is 8.56. The topological polar surface area (TPSA) is 113 Å². The molecule has 182 valence electrons. The summed E-state index contributed by atoms with van der Waals surface area (Å²) in [5, 5.41) is 12.4. The molecule has 1 heterocycles. The van der Waals surface area contributed by atoms with E-state index in [0.717, 1.165) is 26.6 Å². The summed E-state index contributed by atoms with van der Waals surface area (Å²) in [4.78, 5) is 23.7. The van der Waals surface area contributed by atoms with Crippen LogP contribution in [0.4, 0.5) is 10.5 Å². The Morgan fingerprint density at radius 2 is 1.51 bits per heavy atom. The number of carbonyl (C=O) groups is 2. The molecule has 2 N–H and O–H groups in total. The number of rotatable bonds is 6. The minimum atomic E-state index is -4.04. The molecular formula is C26H26N2O6S. The van der Waals surface area contributed by atoms with Crippen LogP contribution in [0.2, 0.25) is 0 Å². The number of ether oxygens (including phenoxy) is 1. The molecule has 0 unspecified atom stereocenters. The Labute approximate surface area is 204 Å². The summed E-state index contributed by atoms with van der Waals surface area (Å²) < 4.78 is 32.9. The highest BCUT2D eigenvalue weighted by atomic mass is 32.2. The van der Waals surface area contributed by atoms with Crippen LogP contribution in [-0.4, -0.2) is 42.0 Å². The number of carboxylic acids is 1. The number of fused-ring (bicyclic) bond motifs is 1. The average Bonchev–Trinajstić information content (AvgIpc) is 2.83. The van der Waals surface area contributed by atoms with Crippen LogP contribution in [-0.2, 0) is 32.5 Å². The summed E-state index contributed by atoms with van der Waals surface area (Å²) in [7, 11) is -4.04. The molecular weight excluding hydrogens is 468 g/mol. The van der Waals surface area contributed by atoms with Gasteiger partial charge in [0.25, 0.3) is 0 Å². The van der Waals surface area contributed by atoms with Gasteiger partial charge in [0.15, 0.2) is 0 Å². The number of aliphatic carboxylic acids is 1. The van der Waals surface area contributed by atoms with Crippen LogP contribution < -0.4 is 5.32 Å². The largest absolute Gasteiger partial charge is 0.480 e. The second-order valence-corrected chi connectivity index (χ2v) is 10.4. The molecule has 0 bridgehead atoms. The maximum Gasteiger partial charge on any atom is 0.411 e. The van der Waals surface area contributed by atoms with Crippen molar-refractivity contribution in [3.63, 3.8) is 0 Å². The normalized spacial score (nSPS) is 15.9. The van der Waals surface area contributed by atoms with E-state index in [9.17, 15) is 23.1 Å². The molecule has 8 nitrogen and oxygen atoms in total. The van der Waals surface area contributed by atoms with Gasteiger partial charge in [-0.3, -0.25) is 10.1 Å². The first kappa shape index (κ1) is 24.4. The van der Waals surface area contributed by atoms with Gasteiger partial charge < -0.3 is 9.84 Å². The number of anilines is 1. The molecule has 0 saturated carbocycles. The summed E-state index contributed by atoms with van der Waals surface area (Å²) in [5.41, 5.74) is 3.82. The smallest absolute Gasteiger partial charge is 0.411 e. The zero-order chi connectivity index (χ0) is 25.2. The Balaban J connectivity index is 1.54. The first-order chi connectivity index (χ1) is 16.6. The lowest BCUT2D eigenvalue weighted by atomic mass is 9.96. The van der Waals surface area contributed by atoms with Crippen LogP contribution in [0.15, 0.2) is 77.7 Å². The van der Waals surface area contributed by atoms with E-state index in [1.54, 1.807) is 50.2 Å². The predicted molar refractivity (Wildman–Crippen MR) is 131 cm³/mol. The van der Waals surface area contributed by atoms with Gasteiger partial charge in [-0.1, -0.05) is 48.5 Å². The van der Waals surface area contributed by atoms with E-state index in [-0.39, 0.29) is 24.0 Å². The third kappa shape index (κ3) is 5.36. The molecule has 1 amide bonds. The lowest BCUT2D eigenvalue weighted by Gasteiger charge is -2.33. The van der Waals surface area contributed by atoms with Crippen LogP contribution in [0.25, 0.3) is 11.1 Å².